The van der Waals surface area contributed by atoms with Crippen LogP contribution in [0.3, 0.4) is 0 Å². The van der Waals surface area contributed by atoms with E-state index in [4.69, 9.17) is 5.73 Å². The molecule has 4 heteroatoms. The number of carbonyl (C=O) groups excluding carboxylic acids is 1. The number of hydrogen-bond donors (Lipinski definition) is 1. The van der Waals surface area contributed by atoms with E-state index >= 15 is 0 Å². The molecule has 0 aliphatic heterocycles. The number of nitrogens with two attached hydrogens (primary N) is 1. The van der Waals surface area contributed by atoms with Gasteiger partial charge in [0.2, 0.25) is 0 Å². The molecule has 2 N–H and O–H groups in total. The van der Waals surface area contributed by atoms with Crippen molar-refractivity contribution < 1.29 is 9.53 Å². The first-order valence-electron chi connectivity index (χ1n) is 5.88. The maximum Gasteiger partial charge on any atom is 0.305 e. The van der Waals surface area contributed by atoms with Gasteiger partial charge in [-0.25, -0.2) is 0 Å². The highest BCUT2D eigenvalue weighted by Crippen LogP contribution is 2.24. The largest absolute Gasteiger partial charge is 0.469 e. The van der Waals surface area contributed by atoms with Gasteiger partial charge in [-0.05, 0) is 24.1 Å². The van der Waals surface area contributed by atoms with Crippen molar-refractivity contribution in [2.75, 3.05) is 7.11 Å². The fourth-order valence-corrected chi connectivity index (χ4v) is 1.97. The van der Waals surface area contributed by atoms with E-state index in [-0.39, 0.29) is 12.0 Å². The summed E-state index contributed by atoms with van der Waals surface area (Å²) < 4.78 is 4.62. The van der Waals surface area contributed by atoms with Crippen molar-refractivity contribution in [2.24, 2.45) is 5.73 Å². The maximum absolute atomic E-state index is 11.1. The molecule has 1 atom stereocenters. The molecule has 0 saturated heterocycles. The lowest BCUT2D eigenvalue weighted by Crippen LogP contribution is -2.13. The molecule has 0 fully saturated rings. The molecule has 1 heterocycles. The molecule has 0 amide bonds. The average molecular weight is 244 g/mol. The number of fused-ring (bicyclic) bond motifs is 1. The van der Waals surface area contributed by atoms with Gasteiger partial charge in [0.15, 0.2) is 0 Å². The van der Waals surface area contributed by atoms with Crippen molar-refractivity contribution in [1.29, 1.82) is 0 Å². The van der Waals surface area contributed by atoms with Crippen LogP contribution in [0.15, 0.2) is 36.5 Å². The minimum atomic E-state index is -0.233. The number of rotatable bonds is 4. The first-order valence-corrected chi connectivity index (χ1v) is 5.88. The monoisotopic (exact) mass is 244 g/mol. The van der Waals surface area contributed by atoms with Crippen LogP contribution in [0.5, 0.6) is 0 Å². The van der Waals surface area contributed by atoms with E-state index in [1.807, 2.05) is 30.3 Å². The minimum absolute atomic E-state index is 0.183. The summed E-state index contributed by atoms with van der Waals surface area (Å²) in [7, 11) is 1.38. The number of methoxy groups -OCH3 is 1. The number of nitrogens with zero attached hydrogens (tertiary/aromatic N) is 1. The van der Waals surface area contributed by atoms with Gasteiger partial charge in [0.25, 0.3) is 0 Å². The van der Waals surface area contributed by atoms with Crippen LogP contribution < -0.4 is 5.73 Å². The average Bonchev–Trinajstić information content (AvgIpc) is 2.43. The Morgan fingerprint density at radius 2 is 2.17 bits per heavy atom. The van der Waals surface area contributed by atoms with Crippen LogP contribution in [0.1, 0.15) is 24.4 Å². The third-order valence-electron chi connectivity index (χ3n) is 2.97. The summed E-state index contributed by atoms with van der Waals surface area (Å²) in [4.78, 5) is 15.4. The number of ether oxygens (including phenoxy) is 1. The molecule has 0 radical (unpaired) electrons. The molecule has 0 aliphatic carbocycles. The zero-order valence-electron chi connectivity index (χ0n) is 10.3. The topological polar surface area (TPSA) is 65.2 Å². The standard InChI is InChI=1S/C14H16N2O2/c1-18-14(17)7-6-12(15)10-8-9-16-13-5-3-2-4-11(10)13/h2-5,8-9,12H,6-7,15H2,1H3. The Morgan fingerprint density at radius 1 is 1.39 bits per heavy atom. The maximum atomic E-state index is 11.1. The first-order chi connectivity index (χ1) is 8.72. The second-order valence-electron chi connectivity index (χ2n) is 4.14. The Hall–Kier alpha value is -1.94. The number of benzene rings is 1. The smallest absolute Gasteiger partial charge is 0.305 e. The van der Waals surface area contributed by atoms with E-state index in [1.165, 1.54) is 7.11 Å². The third-order valence-corrected chi connectivity index (χ3v) is 2.97. The van der Waals surface area contributed by atoms with Gasteiger partial charge < -0.3 is 10.5 Å². The van der Waals surface area contributed by atoms with Gasteiger partial charge in [0, 0.05) is 24.0 Å². The molecule has 2 rings (SSSR count). The summed E-state index contributed by atoms with van der Waals surface area (Å²) in [6, 6.07) is 9.57. The molecule has 94 valence electrons. The van der Waals surface area contributed by atoms with Gasteiger partial charge in [0.1, 0.15) is 0 Å². The fraction of sp³-hybridized carbons (Fsp3) is 0.286. The molecular formula is C14H16N2O2. The van der Waals surface area contributed by atoms with Crippen LogP contribution in [0.25, 0.3) is 10.9 Å². The van der Waals surface area contributed by atoms with Gasteiger partial charge in [-0.1, -0.05) is 18.2 Å². The van der Waals surface area contributed by atoms with E-state index in [0.29, 0.717) is 12.8 Å². The van der Waals surface area contributed by atoms with E-state index in [1.54, 1.807) is 6.20 Å². The van der Waals surface area contributed by atoms with Crippen LogP contribution in [-0.4, -0.2) is 18.1 Å². The van der Waals surface area contributed by atoms with Crippen LogP contribution in [0.4, 0.5) is 0 Å². The number of para-hydroxylation sites is 1. The molecule has 0 bridgehead atoms. The molecule has 0 aliphatic rings. The number of esters is 1. The lowest BCUT2D eigenvalue weighted by Gasteiger charge is -2.13. The zero-order valence-corrected chi connectivity index (χ0v) is 10.3. The van der Waals surface area contributed by atoms with Crippen molar-refractivity contribution in [3.05, 3.63) is 42.1 Å². The minimum Gasteiger partial charge on any atom is -0.469 e. The Labute approximate surface area is 106 Å². The molecule has 1 aromatic carbocycles. The second-order valence-corrected chi connectivity index (χ2v) is 4.14. The number of pyridine rings is 1. The van der Waals surface area contributed by atoms with Crippen LogP contribution in [0.2, 0.25) is 0 Å². The van der Waals surface area contributed by atoms with E-state index in [0.717, 1.165) is 16.5 Å². The van der Waals surface area contributed by atoms with E-state index in [9.17, 15) is 4.79 Å². The molecule has 0 spiro atoms. The Kier molecular flexibility index (Phi) is 3.89. The van der Waals surface area contributed by atoms with E-state index < -0.39 is 0 Å². The first kappa shape index (κ1) is 12.5. The summed E-state index contributed by atoms with van der Waals surface area (Å²) in [5.41, 5.74) is 8.07. The lowest BCUT2D eigenvalue weighted by atomic mass is 9.99. The predicted octanol–water partition coefficient (Wildman–Crippen LogP) is 2.19. The highest BCUT2D eigenvalue weighted by molar-refractivity contribution is 5.82. The van der Waals surface area contributed by atoms with Gasteiger partial charge in [-0.2, -0.15) is 0 Å². The number of carbonyl (C=O) groups is 1. The summed E-state index contributed by atoms with van der Waals surface area (Å²) in [6.07, 6.45) is 2.64. The molecule has 2 aromatic rings. The predicted molar refractivity (Wildman–Crippen MR) is 69.9 cm³/mol. The van der Waals surface area contributed by atoms with E-state index in [2.05, 4.69) is 9.72 Å². The molecule has 0 saturated carbocycles. The van der Waals surface area contributed by atoms with Crippen molar-refractivity contribution >= 4 is 16.9 Å². The van der Waals surface area contributed by atoms with Crippen molar-refractivity contribution in [2.45, 2.75) is 18.9 Å². The van der Waals surface area contributed by atoms with Gasteiger partial charge in [-0.15, -0.1) is 0 Å². The van der Waals surface area contributed by atoms with Crippen LogP contribution >= 0.6 is 0 Å². The molecule has 1 aromatic heterocycles. The lowest BCUT2D eigenvalue weighted by molar-refractivity contribution is -0.140. The SMILES string of the molecule is COC(=O)CCC(N)c1ccnc2ccccc12. The zero-order chi connectivity index (χ0) is 13.0. The van der Waals surface area contributed by atoms with Gasteiger partial charge in [0.05, 0.1) is 12.6 Å². The van der Waals surface area contributed by atoms with Crippen molar-refractivity contribution in [3.8, 4) is 0 Å². The summed E-state index contributed by atoms with van der Waals surface area (Å²) in [5.74, 6) is -0.233. The summed E-state index contributed by atoms with van der Waals surface area (Å²) >= 11 is 0. The van der Waals surface area contributed by atoms with Crippen molar-refractivity contribution in [1.82, 2.24) is 4.98 Å². The number of hydrogen-bond acceptors (Lipinski definition) is 4. The highest BCUT2D eigenvalue weighted by Gasteiger charge is 2.12. The highest BCUT2D eigenvalue weighted by atomic mass is 16.5. The molecule has 1 unspecified atom stereocenters. The summed E-state index contributed by atoms with van der Waals surface area (Å²) in [5, 5.41) is 1.04. The fourth-order valence-electron chi connectivity index (χ4n) is 1.97. The molecular weight excluding hydrogens is 228 g/mol. The van der Waals surface area contributed by atoms with Gasteiger partial charge >= 0.3 is 5.97 Å². The summed E-state index contributed by atoms with van der Waals surface area (Å²) in [6.45, 7) is 0. The van der Waals surface area contributed by atoms with Crippen LogP contribution in [-0.2, 0) is 9.53 Å². The number of aromatic nitrogens is 1. The van der Waals surface area contributed by atoms with Crippen LogP contribution in [0, 0.1) is 0 Å². The van der Waals surface area contributed by atoms with Gasteiger partial charge in [-0.3, -0.25) is 9.78 Å². The Morgan fingerprint density at radius 3 is 2.94 bits per heavy atom. The van der Waals surface area contributed by atoms with Crippen molar-refractivity contribution in [3.63, 3.8) is 0 Å². The quantitative estimate of drug-likeness (QED) is 0.837. The Bertz CT molecular complexity index is 549. The molecule has 18 heavy (non-hydrogen) atoms. The second kappa shape index (κ2) is 5.60. The Balaban J connectivity index is 2.22. The third kappa shape index (κ3) is 2.65. The normalized spacial score (nSPS) is 12.3. The molecule has 4 nitrogen and oxygen atoms in total.